The first-order valence-corrected chi connectivity index (χ1v) is 9.51. The fourth-order valence-corrected chi connectivity index (χ4v) is 3.49. The number of halogens is 3. The van der Waals surface area contributed by atoms with Crippen LogP contribution < -0.4 is 21.3 Å². The molecule has 3 aromatic rings. The summed E-state index contributed by atoms with van der Waals surface area (Å²) < 4.78 is 37.9. The number of benzene rings is 3. The van der Waals surface area contributed by atoms with Crippen molar-refractivity contribution in [2.45, 2.75) is 13.1 Å². The minimum Gasteiger partial charge on any atom is -0.399 e. The number of fused-ring (bicyclic) bond motifs is 3. The van der Waals surface area contributed by atoms with Gasteiger partial charge in [0.1, 0.15) is 5.92 Å². The van der Waals surface area contributed by atoms with Crippen LogP contribution in [0.25, 0.3) is 10.8 Å². The van der Waals surface area contributed by atoms with Crippen LogP contribution in [0.5, 0.6) is 0 Å². The topological polar surface area (TPSA) is 105 Å². The maximum Gasteiger partial charge on any atom is 0.471 e. The Hall–Kier alpha value is -4.08. The number of carbonyl (C=O) groups excluding carboxylic acids is 3. The van der Waals surface area contributed by atoms with Gasteiger partial charge in [-0.2, -0.15) is 13.2 Å². The summed E-state index contributed by atoms with van der Waals surface area (Å²) >= 11 is 0. The summed E-state index contributed by atoms with van der Waals surface area (Å²) in [5.41, 5.74) is 7.06. The quantitative estimate of drug-likeness (QED) is 0.409. The van der Waals surface area contributed by atoms with E-state index < -0.39 is 29.8 Å². The van der Waals surface area contributed by atoms with Crippen molar-refractivity contribution in [1.82, 2.24) is 0 Å². The summed E-state index contributed by atoms with van der Waals surface area (Å²) in [6, 6.07) is 13.9. The van der Waals surface area contributed by atoms with E-state index >= 15 is 0 Å². The van der Waals surface area contributed by atoms with Gasteiger partial charge in [0.05, 0.1) is 17.1 Å². The Balaban J connectivity index is 1.87. The van der Waals surface area contributed by atoms with Crippen LogP contribution in [-0.4, -0.2) is 23.9 Å². The van der Waals surface area contributed by atoms with E-state index in [0.717, 1.165) is 5.39 Å². The molecule has 32 heavy (non-hydrogen) atoms. The van der Waals surface area contributed by atoms with Gasteiger partial charge in [0, 0.05) is 16.8 Å². The fraction of sp³-hybridized carbons (Fsp3) is 0.136. The van der Waals surface area contributed by atoms with Crippen molar-refractivity contribution in [2.75, 3.05) is 21.3 Å². The van der Waals surface area contributed by atoms with Gasteiger partial charge in [0.25, 0.3) is 0 Å². The number of nitrogens with zero attached hydrogens (tertiary/aromatic N) is 1. The molecule has 0 fully saturated rings. The number of alkyl halides is 3. The van der Waals surface area contributed by atoms with E-state index in [9.17, 15) is 27.6 Å². The van der Waals surface area contributed by atoms with Crippen molar-refractivity contribution < 1.29 is 27.6 Å². The first-order chi connectivity index (χ1) is 15.1. The second-order valence-corrected chi connectivity index (χ2v) is 7.33. The molecule has 10 heteroatoms. The Labute approximate surface area is 180 Å². The summed E-state index contributed by atoms with van der Waals surface area (Å²) in [6.45, 7) is 1.43. The van der Waals surface area contributed by atoms with Crippen LogP contribution in [0, 0.1) is 5.92 Å². The van der Waals surface area contributed by atoms with Crippen LogP contribution in [0.2, 0.25) is 0 Å². The molecule has 0 aromatic heterocycles. The summed E-state index contributed by atoms with van der Waals surface area (Å²) in [6.07, 6.45) is -5.06. The molecule has 1 aliphatic heterocycles. The van der Waals surface area contributed by atoms with Crippen molar-refractivity contribution in [2.24, 2.45) is 5.92 Å². The monoisotopic (exact) mass is 442 g/mol. The molecule has 7 nitrogen and oxygen atoms in total. The first-order valence-electron chi connectivity index (χ1n) is 9.51. The number of nitrogens with two attached hydrogens (primary N) is 1. The lowest BCUT2D eigenvalue weighted by molar-refractivity contribution is -0.167. The van der Waals surface area contributed by atoms with Gasteiger partial charge in [-0.25, -0.2) is 0 Å². The zero-order chi connectivity index (χ0) is 23.2. The van der Waals surface area contributed by atoms with Crippen LogP contribution in [0.1, 0.15) is 6.92 Å². The van der Waals surface area contributed by atoms with Crippen molar-refractivity contribution in [1.29, 1.82) is 0 Å². The van der Waals surface area contributed by atoms with Gasteiger partial charge >= 0.3 is 12.1 Å². The Kier molecular flexibility index (Phi) is 5.00. The molecule has 0 saturated heterocycles. The van der Waals surface area contributed by atoms with E-state index in [1.165, 1.54) is 36.1 Å². The summed E-state index contributed by atoms with van der Waals surface area (Å²) in [5, 5.41) is 5.91. The third-order valence-corrected chi connectivity index (χ3v) is 5.12. The minimum atomic E-state index is -5.06. The molecular formula is C22H17F3N4O3. The van der Waals surface area contributed by atoms with Gasteiger partial charge in [-0.05, 0) is 48.7 Å². The summed E-state index contributed by atoms with van der Waals surface area (Å²) in [5.74, 6) is -4.32. The van der Waals surface area contributed by atoms with Crippen molar-refractivity contribution >= 4 is 56.9 Å². The van der Waals surface area contributed by atoms with Gasteiger partial charge in [0.2, 0.25) is 11.8 Å². The second kappa shape index (κ2) is 7.56. The molecule has 4 rings (SSSR count). The second-order valence-electron chi connectivity index (χ2n) is 7.33. The molecule has 0 saturated carbocycles. The van der Waals surface area contributed by atoms with Crippen LogP contribution in [0.4, 0.5) is 41.6 Å². The summed E-state index contributed by atoms with van der Waals surface area (Å²) in [4.78, 5) is 38.4. The summed E-state index contributed by atoms with van der Waals surface area (Å²) in [7, 11) is 0. The molecule has 1 heterocycles. The molecule has 0 bridgehead atoms. The Bertz CT molecular complexity index is 1270. The predicted molar refractivity (Wildman–Crippen MR) is 114 cm³/mol. The molecule has 1 atom stereocenters. The first kappa shape index (κ1) is 21.2. The molecule has 0 radical (unpaired) electrons. The lowest BCUT2D eigenvalue weighted by atomic mass is 10.1. The SMILES string of the molecule is CC1C(=O)Nc2c(ccc3ccc(N)cc23)N(c2cccc(NC(=O)C(F)(F)F)c2)C1=O. The number of anilines is 5. The third-order valence-electron chi connectivity index (χ3n) is 5.12. The Morgan fingerprint density at radius 2 is 1.81 bits per heavy atom. The normalized spacial score (nSPS) is 16.4. The van der Waals surface area contributed by atoms with Crippen molar-refractivity contribution in [3.8, 4) is 0 Å². The van der Waals surface area contributed by atoms with E-state index in [1.807, 2.05) is 0 Å². The standard InChI is InChI=1S/C22H17F3N4O3/c1-11-19(30)28-18-16-9-13(26)7-5-12(16)6-8-17(18)29(20(11)31)15-4-2-3-14(10-15)27-21(32)22(23,24)25/h2-11H,26H2,1H3,(H,27,32)(H,28,30). The molecular weight excluding hydrogens is 425 g/mol. The van der Waals surface area contributed by atoms with E-state index in [4.69, 9.17) is 5.73 Å². The number of nitrogen functional groups attached to an aromatic ring is 1. The smallest absolute Gasteiger partial charge is 0.399 e. The number of carbonyl (C=O) groups is 3. The Morgan fingerprint density at radius 3 is 2.53 bits per heavy atom. The molecule has 3 amide bonds. The molecule has 0 aliphatic carbocycles. The predicted octanol–water partition coefficient (Wildman–Crippen LogP) is 4.18. The van der Waals surface area contributed by atoms with Crippen molar-refractivity contribution in [3.05, 3.63) is 54.6 Å². The minimum absolute atomic E-state index is 0.152. The number of amides is 3. The highest BCUT2D eigenvalue weighted by Crippen LogP contribution is 2.41. The van der Waals surface area contributed by atoms with Crippen molar-refractivity contribution in [3.63, 3.8) is 0 Å². The highest BCUT2D eigenvalue weighted by molar-refractivity contribution is 6.22. The zero-order valence-electron chi connectivity index (χ0n) is 16.7. The van der Waals surface area contributed by atoms with Gasteiger partial charge in [-0.3, -0.25) is 19.3 Å². The molecule has 1 unspecified atom stereocenters. The van der Waals surface area contributed by atoms with Crippen LogP contribution in [0.3, 0.4) is 0 Å². The number of hydrogen-bond acceptors (Lipinski definition) is 4. The zero-order valence-corrected chi connectivity index (χ0v) is 16.7. The van der Waals surface area contributed by atoms with Crippen LogP contribution in [-0.2, 0) is 14.4 Å². The Morgan fingerprint density at radius 1 is 1.09 bits per heavy atom. The van der Waals surface area contributed by atoms with Crippen LogP contribution >= 0.6 is 0 Å². The lowest BCUT2D eigenvalue weighted by Crippen LogP contribution is -2.34. The lowest BCUT2D eigenvalue weighted by Gasteiger charge is -2.25. The molecule has 164 valence electrons. The maximum absolute atomic E-state index is 13.2. The van der Waals surface area contributed by atoms with Gasteiger partial charge in [0.15, 0.2) is 0 Å². The molecule has 4 N–H and O–H groups in total. The average Bonchev–Trinajstić information content (AvgIpc) is 2.83. The largest absolute Gasteiger partial charge is 0.471 e. The highest BCUT2D eigenvalue weighted by Gasteiger charge is 2.39. The third kappa shape index (κ3) is 3.70. The number of nitrogens with one attached hydrogen (secondary N) is 2. The molecule has 1 aliphatic rings. The van der Waals surface area contributed by atoms with Gasteiger partial charge in [-0.1, -0.05) is 18.2 Å². The van der Waals surface area contributed by atoms with E-state index in [-0.39, 0.29) is 11.4 Å². The number of hydrogen-bond donors (Lipinski definition) is 3. The van der Waals surface area contributed by atoms with Gasteiger partial charge in [-0.15, -0.1) is 0 Å². The van der Waals surface area contributed by atoms with E-state index in [1.54, 1.807) is 35.6 Å². The maximum atomic E-state index is 13.2. The average molecular weight is 442 g/mol. The van der Waals surface area contributed by atoms with Crippen LogP contribution in [0.15, 0.2) is 54.6 Å². The van der Waals surface area contributed by atoms with Gasteiger partial charge < -0.3 is 16.4 Å². The number of rotatable bonds is 2. The van der Waals surface area contributed by atoms with E-state index in [2.05, 4.69) is 5.32 Å². The molecule has 0 spiro atoms. The highest BCUT2D eigenvalue weighted by atomic mass is 19.4. The molecule has 3 aromatic carbocycles. The van der Waals surface area contributed by atoms with E-state index in [0.29, 0.717) is 22.4 Å². The fourth-order valence-electron chi connectivity index (χ4n) is 3.49.